The largest absolute Gasteiger partial charge is 0.336 e. The van der Waals surface area contributed by atoms with Crippen LogP contribution in [0.3, 0.4) is 0 Å². The Labute approximate surface area is 156 Å². The first-order valence-corrected chi connectivity index (χ1v) is 11.0. The first-order chi connectivity index (χ1) is 12.4. The van der Waals surface area contributed by atoms with Crippen molar-refractivity contribution in [2.24, 2.45) is 5.92 Å². The molecule has 1 N–H and O–H groups in total. The molecule has 6 nitrogen and oxygen atoms in total. The summed E-state index contributed by atoms with van der Waals surface area (Å²) < 4.78 is 27.6. The molecule has 3 rings (SSSR count). The van der Waals surface area contributed by atoms with E-state index in [0.29, 0.717) is 32.6 Å². The van der Waals surface area contributed by atoms with E-state index in [-0.39, 0.29) is 23.2 Å². The normalized spacial score (nSPS) is 25.7. The van der Waals surface area contributed by atoms with Crippen molar-refractivity contribution < 1.29 is 13.2 Å². The van der Waals surface area contributed by atoms with Crippen molar-refractivity contribution in [3.63, 3.8) is 0 Å². The van der Waals surface area contributed by atoms with Gasteiger partial charge in [0.1, 0.15) is 0 Å². The van der Waals surface area contributed by atoms with Crippen LogP contribution < -0.4 is 5.32 Å². The Hall–Kier alpha value is -1.60. The number of likely N-dealkylation sites (tertiary alicyclic amines) is 1. The number of sulfonamides is 1. The van der Waals surface area contributed by atoms with Gasteiger partial charge in [-0.25, -0.2) is 17.5 Å². The number of hydrogen-bond acceptors (Lipinski definition) is 3. The molecular formula is C19H29N3O3S. The van der Waals surface area contributed by atoms with Crippen LogP contribution in [0.15, 0.2) is 30.3 Å². The number of nitrogens with one attached hydrogen (secondary N) is 1. The van der Waals surface area contributed by atoms with Crippen LogP contribution in [0, 0.1) is 5.92 Å². The lowest BCUT2D eigenvalue weighted by Gasteiger charge is -2.23. The van der Waals surface area contributed by atoms with Gasteiger partial charge in [-0.15, -0.1) is 0 Å². The van der Waals surface area contributed by atoms with Gasteiger partial charge in [0.25, 0.3) is 0 Å². The minimum absolute atomic E-state index is 0.0849. The van der Waals surface area contributed by atoms with E-state index in [4.69, 9.17) is 0 Å². The number of rotatable bonds is 4. The summed E-state index contributed by atoms with van der Waals surface area (Å²) in [6, 6.07) is 10.00. The lowest BCUT2D eigenvalue weighted by Crippen LogP contribution is -2.44. The van der Waals surface area contributed by atoms with E-state index in [1.807, 2.05) is 44.2 Å². The van der Waals surface area contributed by atoms with E-state index in [9.17, 15) is 13.2 Å². The molecule has 2 aliphatic rings. The summed E-state index contributed by atoms with van der Waals surface area (Å²) in [7, 11) is -3.28. The molecule has 26 heavy (non-hydrogen) atoms. The third-order valence-electron chi connectivity index (χ3n) is 5.35. The highest BCUT2D eigenvalue weighted by atomic mass is 32.2. The van der Waals surface area contributed by atoms with Crippen molar-refractivity contribution in [1.29, 1.82) is 0 Å². The van der Waals surface area contributed by atoms with E-state index in [1.165, 1.54) is 0 Å². The highest BCUT2D eigenvalue weighted by molar-refractivity contribution is 7.90. The van der Waals surface area contributed by atoms with Crippen LogP contribution in [0.2, 0.25) is 0 Å². The van der Waals surface area contributed by atoms with Crippen molar-refractivity contribution in [2.75, 3.05) is 26.2 Å². The Morgan fingerprint density at radius 3 is 2.58 bits per heavy atom. The monoisotopic (exact) mass is 379 g/mol. The predicted octanol–water partition coefficient (Wildman–Crippen LogP) is 2.07. The zero-order valence-electron chi connectivity index (χ0n) is 15.6. The van der Waals surface area contributed by atoms with Crippen molar-refractivity contribution in [3.05, 3.63) is 35.9 Å². The van der Waals surface area contributed by atoms with Gasteiger partial charge in [0.05, 0.1) is 5.25 Å². The Morgan fingerprint density at radius 1 is 1.19 bits per heavy atom. The Bertz CT molecular complexity index is 721. The summed E-state index contributed by atoms with van der Waals surface area (Å²) in [6.45, 7) is 6.11. The highest BCUT2D eigenvalue weighted by Crippen LogP contribution is 2.34. The van der Waals surface area contributed by atoms with Gasteiger partial charge in [-0.3, -0.25) is 0 Å². The van der Waals surface area contributed by atoms with Gasteiger partial charge >= 0.3 is 6.03 Å². The average Bonchev–Trinajstić information content (AvgIpc) is 2.74. The fourth-order valence-electron chi connectivity index (χ4n) is 3.95. The molecule has 7 heteroatoms. The molecule has 2 atom stereocenters. The molecule has 0 aromatic heterocycles. The summed E-state index contributed by atoms with van der Waals surface area (Å²) in [5.41, 5.74) is 1.16. The number of benzene rings is 1. The molecule has 2 saturated heterocycles. The van der Waals surface area contributed by atoms with Crippen molar-refractivity contribution in [3.8, 4) is 0 Å². The molecule has 0 radical (unpaired) electrons. The molecule has 0 saturated carbocycles. The quantitative estimate of drug-likeness (QED) is 0.871. The second kappa shape index (κ2) is 7.96. The number of amides is 2. The summed E-state index contributed by atoms with van der Waals surface area (Å²) in [5.74, 6) is 0.118. The van der Waals surface area contributed by atoms with Gasteiger partial charge in [0, 0.05) is 32.2 Å². The Balaban J connectivity index is 1.61. The zero-order valence-corrected chi connectivity index (χ0v) is 16.4. The fraction of sp³-hybridized carbons (Fsp3) is 0.632. The lowest BCUT2D eigenvalue weighted by molar-refractivity contribution is 0.196. The number of urea groups is 1. The van der Waals surface area contributed by atoms with Crippen LogP contribution in [0.5, 0.6) is 0 Å². The number of hydrogen-bond donors (Lipinski definition) is 1. The Morgan fingerprint density at radius 2 is 1.88 bits per heavy atom. The van der Waals surface area contributed by atoms with Crippen molar-refractivity contribution >= 4 is 16.1 Å². The summed E-state index contributed by atoms with van der Waals surface area (Å²) >= 11 is 0. The molecule has 2 amide bonds. The van der Waals surface area contributed by atoms with E-state index in [0.717, 1.165) is 18.4 Å². The number of carbonyl (C=O) groups excluding carboxylic acids is 1. The number of fused-ring (bicyclic) bond motifs is 1. The smallest absolute Gasteiger partial charge is 0.317 e. The maximum Gasteiger partial charge on any atom is 0.317 e. The van der Waals surface area contributed by atoms with E-state index < -0.39 is 10.0 Å². The molecule has 0 unspecified atom stereocenters. The van der Waals surface area contributed by atoms with E-state index in [2.05, 4.69) is 5.32 Å². The third kappa shape index (κ3) is 4.20. The van der Waals surface area contributed by atoms with Crippen LogP contribution in [0.25, 0.3) is 0 Å². The molecule has 0 aliphatic carbocycles. The first-order valence-electron chi connectivity index (χ1n) is 9.46. The van der Waals surface area contributed by atoms with Crippen LogP contribution in [0.4, 0.5) is 4.79 Å². The topological polar surface area (TPSA) is 69.7 Å². The molecule has 0 spiro atoms. The van der Waals surface area contributed by atoms with Crippen LogP contribution >= 0.6 is 0 Å². The SMILES string of the molecule is CC(C)NC(=O)N1CC[C@@H]2CN(CCc3ccccc3)S(=O)(=O)[C@@H]2CC1. The maximum atomic E-state index is 13.0. The molecule has 2 fully saturated rings. The van der Waals surface area contributed by atoms with Crippen LogP contribution in [0.1, 0.15) is 32.3 Å². The average molecular weight is 380 g/mol. The van der Waals surface area contributed by atoms with Gasteiger partial charge in [0.2, 0.25) is 10.0 Å². The first kappa shape index (κ1) is 19.2. The van der Waals surface area contributed by atoms with Gasteiger partial charge in [-0.2, -0.15) is 0 Å². The molecule has 144 valence electrons. The van der Waals surface area contributed by atoms with Crippen molar-refractivity contribution in [1.82, 2.24) is 14.5 Å². The summed E-state index contributed by atoms with van der Waals surface area (Å²) in [4.78, 5) is 14.0. The molecular weight excluding hydrogens is 350 g/mol. The summed E-state index contributed by atoms with van der Waals surface area (Å²) in [6.07, 6.45) is 2.01. The van der Waals surface area contributed by atoms with Gasteiger partial charge in [-0.05, 0) is 44.6 Å². The van der Waals surface area contributed by atoms with Gasteiger partial charge in [-0.1, -0.05) is 30.3 Å². The molecule has 2 aliphatic heterocycles. The molecule has 1 aromatic rings. The lowest BCUT2D eigenvalue weighted by atomic mass is 10.0. The molecule has 2 heterocycles. The second-order valence-electron chi connectivity index (χ2n) is 7.61. The predicted molar refractivity (Wildman–Crippen MR) is 102 cm³/mol. The van der Waals surface area contributed by atoms with Crippen LogP contribution in [-0.2, 0) is 16.4 Å². The Kier molecular flexibility index (Phi) is 5.87. The second-order valence-corrected chi connectivity index (χ2v) is 9.76. The van der Waals surface area contributed by atoms with Gasteiger partial charge < -0.3 is 10.2 Å². The van der Waals surface area contributed by atoms with Gasteiger partial charge in [0.15, 0.2) is 0 Å². The van der Waals surface area contributed by atoms with E-state index >= 15 is 0 Å². The van der Waals surface area contributed by atoms with E-state index in [1.54, 1.807) is 9.21 Å². The maximum absolute atomic E-state index is 13.0. The highest BCUT2D eigenvalue weighted by Gasteiger charge is 2.46. The minimum atomic E-state index is -3.28. The summed E-state index contributed by atoms with van der Waals surface area (Å²) in [5, 5.41) is 2.55. The third-order valence-corrected chi connectivity index (χ3v) is 7.79. The number of nitrogens with zero attached hydrogens (tertiary/aromatic N) is 2. The fourth-order valence-corrected chi connectivity index (χ4v) is 6.19. The number of carbonyl (C=O) groups is 1. The minimum Gasteiger partial charge on any atom is -0.336 e. The zero-order chi connectivity index (χ0) is 18.7. The van der Waals surface area contributed by atoms with Crippen molar-refractivity contribution in [2.45, 2.75) is 44.4 Å². The van der Waals surface area contributed by atoms with Crippen LogP contribution in [-0.4, -0.2) is 61.1 Å². The standard InChI is InChI=1S/C19H29N3O3S/c1-15(2)20-19(23)21-11-9-17-14-22(26(24,25)18(17)10-12-21)13-8-16-6-4-3-5-7-16/h3-7,15,17-18H,8-14H2,1-2H3,(H,20,23)/t17-,18-/m1/s1. The molecule has 1 aromatic carbocycles. The molecule has 0 bridgehead atoms.